The number of hydrogen-bond donors (Lipinski definition) is 4. The van der Waals surface area contributed by atoms with Gasteiger partial charge in [-0.2, -0.15) is 10.2 Å². The maximum absolute atomic E-state index is 12.6. The third-order valence-corrected chi connectivity index (χ3v) is 4.33. The van der Waals surface area contributed by atoms with Crippen molar-refractivity contribution in [1.82, 2.24) is 25.7 Å². The Hall–Kier alpha value is -3.46. The highest BCUT2D eigenvalue weighted by Gasteiger charge is 2.27. The Morgan fingerprint density at radius 3 is 2.78 bits per heavy atom. The molecule has 1 aliphatic heterocycles. The lowest BCUT2D eigenvalue weighted by atomic mass is 10.0. The number of nitrogens with one attached hydrogen (secondary N) is 4. The number of aromatic amines is 2. The van der Waals surface area contributed by atoms with Crippen LogP contribution in [0.1, 0.15) is 32.2 Å². The van der Waals surface area contributed by atoms with Gasteiger partial charge in [-0.3, -0.25) is 19.8 Å². The fourth-order valence-electron chi connectivity index (χ4n) is 2.94. The Bertz CT molecular complexity index is 935. The van der Waals surface area contributed by atoms with E-state index in [1.165, 1.54) is 6.20 Å². The predicted molar refractivity (Wildman–Crippen MR) is 96.2 cm³/mol. The van der Waals surface area contributed by atoms with Crippen LogP contribution in [0.3, 0.4) is 0 Å². The van der Waals surface area contributed by atoms with Gasteiger partial charge in [0, 0.05) is 30.4 Å². The molecule has 0 spiro atoms. The van der Waals surface area contributed by atoms with Crippen molar-refractivity contribution < 1.29 is 14.3 Å². The number of aromatic nitrogens is 4. The summed E-state index contributed by atoms with van der Waals surface area (Å²) in [6, 6.07) is 10.8. The van der Waals surface area contributed by atoms with E-state index in [1.54, 1.807) is 6.07 Å². The maximum Gasteiger partial charge on any atom is 0.276 e. The third kappa shape index (κ3) is 3.72. The van der Waals surface area contributed by atoms with Gasteiger partial charge in [0.25, 0.3) is 11.8 Å². The van der Waals surface area contributed by atoms with E-state index >= 15 is 0 Å². The molecule has 27 heavy (non-hydrogen) atoms. The monoisotopic (exact) mass is 366 g/mol. The van der Waals surface area contributed by atoms with Gasteiger partial charge in [-0.25, -0.2) is 0 Å². The average molecular weight is 366 g/mol. The Morgan fingerprint density at radius 1 is 1.15 bits per heavy atom. The number of rotatable bonds is 5. The van der Waals surface area contributed by atoms with E-state index in [9.17, 15) is 9.59 Å². The lowest BCUT2D eigenvalue weighted by molar-refractivity contribution is 0.0266. The molecule has 0 radical (unpaired) electrons. The standard InChI is InChI=1S/C18H18N6O3/c25-17(14-6-7-20-22-14)19-9-12-8-13-15(10-27-12)23-24-16(13)18(26)21-11-4-2-1-3-5-11/h1-7,12H,8-10H2,(H,19,25)(H,20,22)(H,21,26)(H,23,24). The Morgan fingerprint density at radius 2 is 2.00 bits per heavy atom. The summed E-state index contributed by atoms with van der Waals surface area (Å²) in [5, 5.41) is 19.0. The SMILES string of the molecule is O=C(NCC1Cc2c(C(=O)Nc3ccccc3)n[nH]c2CO1)c1ccn[nH]1. The Balaban J connectivity index is 1.41. The number of amides is 2. The van der Waals surface area contributed by atoms with E-state index in [0.29, 0.717) is 36.6 Å². The molecule has 0 saturated carbocycles. The fourth-order valence-corrected chi connectivity index (χ4v) is 2.94. The van der Waals surface area contributed by atoms with Crippen molar-refractivity contribution in [2.75, 3.05) is 11.9 Å². The normalized spacial score (nSPS) is 15.8. The topological polar surface area (TPSA) is 125 Å². The van der Waals surface area contributed by atoms with Crippen LogP contribution in [0.2, 0.25) is 0 Å². The van der Waals surface area contributed by atoms with Crippen LogP contribution in [0.15, 0.2) is 42.6 Å². The van der Waals surface area contributed by atoms with E-state index in [2.05, 4.69) is 31.0 Å². The van der Waals surface area contributed by atoms with Gasteiger partial charge in [-0.1, -0.05) is 18.2 Å². The number of anilines is 1. The van der Waals surface area contributed by atoms with E-state index in [0.717, 1.165) is 11.3 Å². The number of hydrogen-bond acceptors (Lipinski definition) is 5. The molecule has 9 heteroatoms. The van der Waals surface area contributed by atoms with Crippen LogP contribution in [-0.2, 0) is 17.8 Å². The van der Waals surface area contributed by atoms with Gasteiger partial charge < -0.3 is 15.4 Å². The van der Waals surface area contributed by atoms with Gasteiger partial charge in [0.1, 0.15) is 5.69 Å². The summed E-state index contributed by atoms with van der Waals surface area (Å²) >= 11 is 0. The number of H-pyrrole nitrogens is 2. The number of benzene rings is 1. The minimum atomic E-state index is -0.277. The average Bonchev–Trinajstić information content (AvgIpc) is 3.36. The Kier molecular flexibility index (Phi) is 4.67. The minimum absolute atomic E-state index is 0.245. The molecule has 138 valence electrons. The zero-order valence-electron chi connectivity index (χ0n) is 14.4. The van der Waals surface area contributed by atoms with Crippen LogP contribution < -0.4 is 10.6 Å². The highest BCUT2D eigenvalue weighted by molar-refractivity contribution is 6.04. The number of nitrogens with zero attached hydrogens (tertiary/aromatic N) is 2. The van der Waals surface area contributed by atoms with Crippen molar-refractivity contribution in [3.05, 3.63) is 65.2 Å². The second-order valence-electron chi connectivity index (χ2n) is 6.17. The number of fused-ring (bicyclic) bond motifs is 1. The summed E-state index contributed by atoms with van der Waals surface area (Å²) in [7, 11) is 0. The molecule has 4 rings (SSSR count). The van der Waals surface area contributed by atoms with Crippen LogP contribution in [0.25, 0.3) is 0 Å². The van der Waals surface area contributed by atoms with Crippen molar-refractivity contribution in [2.45, 2.75) is 19.1 Å². The first kappa shape index (κ1) is 17.0. The lowest BCUT2D eigenvalue weighted by Gasteiger charge is -2.23. The summed E-state index contributed by atoms with van der Waals surface area (Å²) < 4.78 is 5.74. The summed E-state index contributed by atoms with van der Waals surface area (Å²) in [5.74, 6) is -0.531. The van der Waals surface area contributed by atoms with Crippen molar-refractivity contribution >= 4 is 17.5 Å². The summed E-state index contributed by atoms with van der Waals surface area (Å²) in [4.78, 5) is 24.6. The largest absolute Gasteiger partial charge is 0.370 e. The molecule has 3 heterocycles. The predicted octanol–water partition coefficient (Wildman–Crippen LogP) is 1.26. The van der Waals surface area contributed by atoms with Gasteiger partial charge in [0.2, 0.25) is 0 Å². The van der Waals surface area contributed by atoms with Gasteiger partial charge in [-0.05, 0) is 18.2 Å². The van der Waals surface area contributed by atoms with Gasteiger partial charge in [0.05, 0.1) is 18.4 Å². The van der Waals surface area contributed by atoms with Crippen LogP contribution in [-0.4, -0.2) is 44.9 Å². The second-order valence-corrected chi connectivity index (χ2v) is 6.17. The second kappa shape index (κ2) is 7.42. The Labute approximate surface area is 154 Å². The smallest absolute Gasteiger partial charge is 0.276 e. The highest BCUT2D eigenvalue weighted by Crippen LogP contribution is 2.22. The number of ether oxygens (including phenoxy) is 1. The first-order valence-corrected chi connectivity index (χ1v) is 8.52. The van der Waals surface area contributed by atoms with E-state index in [4.69, 9.17) is 4.74 Å². The van der Waals surface area contributed by atoms with Crippen LogP contribution >= 0.6 is 0 Å². The minimum Gasteiger partial charge on any atom is -0.370 e. The van der Waals surface area contributed by atoms with Gasteiger partial charge >= 0.3 is 0 Å². The molecule has 2 amide bonds. The van der Waals surface area contributed by atoms with E-state index in [1.807, 2.05) is 30.3 Å². The number of carbonyl (C=O) groups is 2. The zero-order valence-corrected chi connectivity index (χ0v) is 14.4. The molecular formula is C18H18N6O3. The van der Waals surface area contributed by atoms with Crippen molar-refractivity contribution in [3.63, 3.8) is 0 Å². The lowest BCUT2D eigenvalue weighted by Crippen LogP contribution is -2.37. The van der Waals surface area contributed by atoms with Crippen molar-refractivity contribution in [2.24, 2.45) is 0 Å². The molecule has 9 nitrogen and oxygen atoms in total. The first-order chi connectivity index (χ1) is 13.2. The molecular weight excluding hydrogens is 348 g/mol. The zero-order chi connectivity index (χ0) is 18.6. The number of carbonyl (C=O) groups excluding carboxylic acids is 2. The van der Waals surface area contributed by atoms with E-state index < -0.39 is 0 Å². The molecule has 0 aliphatic carbocycles. The molecule has 1 unspecified atom stereocenters. The van der Waals surface area contributed by atoms with Crippen molar-refractivity contribution in [3.8, 4) is 0 Å². The van der Waals surface area contributed by atoms with Gasteiger partial charge in [0.15, 0.2) is 5.69 Å². The summed E-state index contributed by atoms with van der Waals surface area (Å²) in [6.45, 7) is 0.633. The van der Waals surface area contributed by atoms with Crippen LogP contribution in [0.4, 0.5) is 5.69 Å². The first-order valence-electron chi connectivity index (χ1n) is 8.52. The molecule has 0 bridgehead atoms. The number of para-hydroxylation sites is 1. The van der Waals surface area contributed by atoms with E-state index in [-0.39, 0.29) is 17.9 Å². The van der Waals surface area contributed by atoms with Crippen molar-refractivity contribution in [1.29, 1.82) is 0 Å². The molecule has 0 saturated heterocycles. The molecule has 1 aliphatic rings. The van der Waals surface area contributed by atoms with Crippen LogP contribution in [0, 0.1) is 0 Å². The van der Waals surface area contributed by atoms with Gasteiger partial charge in [-0.15, -0.1) is 0 Å². The quantitative estimate of drug-likeness (QED) is 0.541. The van der Waals surface area contributed by atoms with Crippen LogP contribution in [0.5, 0.6) is 0 Å². The molecule has 4 N–H and O–H groups in total. The molecule has 3 aromatic rings. The summed E-state index contributed by atoms with van der Waals surface area (Å²) in [5.41, 5.74) is 3.04. The third-order valence-electron chi connectivity index (χ3n) is 4.33. The molecule has 1 atom stereocenters. The summed E-state index contributed by atoms with van der Waals surface area (Å²) in [6.07, 6.45) is 1.75. The highest BCUT2D eigenvalue weighted by atomic mass is 16.5. The molecule has 2 aromatic heterocycles. The molecule has 0 fully saturated rings. The molecule has 1 aromatic carbocycles. The fraction of sp³-hybridized carbons (Fsp3) is 0.222. The maximum atomic E-state index is 12.6.